The number of allylic oxidation sites excluding steroid dienone is 4. The molecule has 0 radical (unpaired) electrons. The van der Waals surface area contributed by atoms with E-state index in [1.54, 1.807) is 0 Å². The Labute approximate surface area is 172 Å². The van der Waals surface area contributed by atoms with Crippen LogP contribution in [0.25, 0.3) is 0 Å². The monoisotopic (exact) mass is 397 g/mol. The molecule has 0 aliphatic heterocycles. The highest BCUT2D eigenvalue weighted by molar-refractivity contribution is 5.92. The number of nitriles is 1. The maximum atomic E-state index is 12.0. The average molecular weight is 398 g/mol. The lowest BCUT2D eigenvalue weighted by molar-refractivity contribution is -0.151. The average Bonchev–Trinajstić information content (AvgIpc) is 2.94. The third kappa shape index (κ3) is 2.83. The van der Waals surface area contributed by atoms with Gasteiger partial charge < -0.3 is 9.84 Å². The molecule has 5 nitrogen and oxygen atoms in total. The van der Waals surface area contributed by atoms with Crippen molar-refractivity contribution >= 4 is 11.8 Å². The van der Waals surface area contributed by atoms with Gasteiger partial charge in [-0.05, 0) is 56.4 Å². The van der Waals surface area contributed by atoms with Gasteiger partial charge in [-0.3, -0.25) is 9.59 Å². The number of aliphatic hydroxyl groups is 1. The molecule has 4 aliphatic rings. The molecule has 1 N–H and O–H groups in total. The second-order valence-corrected chi connectivity index (χ2v) is 9.95. The normalized spacial score (nSPS) is 41.8. The summed E-state index contributed by atoms with van der Waals surface area (Å²) in [6.45, 7) is 5.68. The third-order valence-electron chi connectivity index (χ3n) is 8.74. The zero-order chi connectivity index (χ0) is 21.0. The van der Waals surface area contributed by atoms with Gasteiger partial charge in [0.1, 0.15) is 12.5 Å². The van der Waals surface area contributed by atoms with Crippen molar-refractivity contribution in [3.63, 3.8) is 0 Å². The molecule has 0 bridgehead atoms. The van der Waals surface area contributed by atoms with Crippen LogP contribution in [0.2, 0.25) is 0 Å². The van der Waals surface area contributed by atoms with Crippen LogP contribution in [-0.4, -0.2) is 29.1 Å². The molecule has 29 heavy (non-hydrogen) atoms. The van der Waals surface area contributed by atoms with Crippen LogP contribution in [0.5, 0.6) is 0 Å². The lowest BCUT2D eigenvalue weighted by Crippen LogP contribution is -2.55. The molecule has 5 heteroatoms. The molecule has 4 aliphatic carbocycles. The summed E-state index contributed by atoms with van der Waals surface area (Å²) in [5, 5.41) is 21.5. The largest absolute Gasteiger partial charge is 0.464 e. The van der Waals surface area contributed by atoms with E-state index in [4.69, 9.17) is 4.74 Å². The van der Waals surface area contributed by atoms with Crippen molar-refractivity contribution in [2.75, 3.05) is 6.61 Å². The fourth-order valence-corrected chi connectivity index (χ4v) is 6.96. The molecule has 4 rings (SSSR count). The number of fused-ring (bicyclic) bond motifs is 5. The summed E-state index contributed by atoms with van der Waals surface area (Å²) in [7, 11) is 0. The van der Waals surface area contributed by atoms with Gasteiger partial charge in [-0.25, -0.2) is 0 Å². The molecule has 0 unspecified atom stereocenters. The quantitative estimate of drug-likeness (QED) is 0.577. The Bertz CT molecular complexity index is 851. The summed E-state index contributed by atoms with van der Waals surface area (Å²) in [4.78, 5) is 23.2. The molecule has 2 saturated carbocycles. The second kappa shape index (κ2) is 6.80. The molecule has 0 aromatic rings. The van der Waals surface area contributed by atoms with Gasteiger partial charge in [0.15, 0.2) is 5.78 Å². The fourth-order valence-electron chi connectivity index (χ4n) is 6.96. The first-order valence-electron chi connectivity index (χ1n) is 10.9. The minimum atomic E-state index is -1.16. The van der Waals surface area contributed by atoms with Crippen LogP contribution in [-0.2, 0) is 14.3 Å². The van der Waals surface area contributed by atoms with Crippen molar-refractivity contribution in [1.29, 1.82) is 5.26 Å². The van der Waals surface area contributed by atoms with E-state index in [0.29, 0.717) is 24.7 Å². The molecule has 2 fully saturated rings. The molecular formula is C24H31NO4. The van der Waals surface area contributed by atoms with Gasteiger partial charge in [0.05, 0.1) is 11.7 Å². The number of rotatable bonds is 3. The number of hydrogen-bond acceptors (Lipinski definition) is 5. The Hall–Kier alpha value is -1.93. The maximum absolute atomic E-state index is 12.0. The summed E-state index contributed by atoms with van der Waals surface area (Å²) in [6, 6.07) is 2.23. The standard InChI is InChI=1S/C24H31NO4/c1-15(26)29-14-17(13-25)24(28)11-8-21-19-5-4-16-12-18(27)6-9-22(16,2)20(19)7-10-23(21,24)3/h7,12,17,19,21,28H,4-6,8-11,14H2,1-3H3/t17-,19+,21-,22-,23-,24+/m0/s1. The third-order valence-corrected chi connectivity index (χ3v) is 8.74. The van der Waals surface area contributed by atoms with Gasteiger partial charge in [0.2, 0.25) is 0 Å². The van der Waals surface area contributed by atoms with Gasteiger partial charge >= 0.3 is 5.97 Å². The molecular weight excluding hydrogens is 366 g/mol. The van der Waals surface area contributed by atoms with Gasteiger partial charge in [-0.15, -0.1) is 0 Å². The smallest absolute Gasteiger partial charge is 0.302 e. The first-order chi connectivity index (χ1) is 13.7. The van der Waals surface area contributed by atoms with Crippen LogP contribution >= 0.6 is 0 Å². The SMILES string of the molecule is CC(=O)OC[C@H](C#N)[C@]1(O)CC[C@H]2[C@@H]3CCC4=CC(=O)CC[C@]4(C)C3=CC[C@@]21C. The molecule has 0 saturated heterocycles. The topological polar surface area (TPSA) is 87.4 Å². The number of esters is 1. The van der Waals surface area contributed by atoms with Gasteiger partial charge in [0.25, 0.3) is 0 Å². The Morgan fingerprint density at radius 3 is 2.79 bits per heavy atom. The number of ether oxygens (including phenoxy) is 1. The lowest BCUT2D eigenvalue weighted by atomic mass is 9.50. The molecule has 0 aromatic carbocycles. The van der Waals surface area contributed by atoms with Crippen molar-refractivity contribution in [2.45, 2.75) is 71.3 Å². The van der Waals surface area contributed by atoms with E-state index in [0.717, 1.165) is 32.1 Å². The highest BCUT2D eigenvalue weighted by atomic mass is 16.5. The number of carbonyl (C=O) groups excluding carboxylic acids is 2. The fraction of sp³-hybridized carbons (Fsp3) is 0.708. The molecule has 6 atom stereocenters. The first-order valence-corrected chi connectivity index (χ1v) is 10.9. The van der Waals surface area contributed by atoms with E-state index >= 15 is 0 Å². The minimum Gasteiger partial charge on any atom is -0.464 e. The number of ketones is 1. The second-order valence-electron chi connectivity index (χ2n) is 9.95. The summed E-state index contributed by atoms with van der Waals surface area (Å²) in [5.74, 6) is -0.221. The molecule has 0 aromatic heterocycles. The van der Waals surface area contributed by atoms with Gasteiger partial charge in [0, 0.05) is 24.2 Å². The van der Waals surface area contributed by atoms with Crippen molar-refractivity contribution in [1.82, 2.24) is 0 Å². The van der Waals surface area contributed by atoms with Crippen molar-refractivity contribution in [3.05, 3.63) is 23.3 Å². The molecule has 0 heterocycles. The van der Waals surface area contributed by atoms with E-state index in [-0.39, 0.29) is 17.8 Å². The van der Waals surface area contributed by atoms with Crippen molar-refractivity contribution in [2.24, 2.45) is 28.6 Å². The zero-order valence-electron chi connectivity index (χ0n) is 17.7. The molecule has 0 amide bonds. The Kier molecular flexibility index (Phi) is 4.77. The van der Waals surface area contributed by atoms with Crippen molar-refractivity contribution in [3.8, 4) is 6.07 Å². The van der Waals surface area contributed by atoms with E-state index < -0.39 is 22.9 Å². The van der Waals surface area contributed by atoms with Crippen LogP contribution in [0.4, 0.5) is 0 Å². The summed E-state index contributed by atoms with van der Waals surface area (Å²) >= 11 is 0. The zero-order valence-corrected chi connectivity index (χ0v) is 17.7. The highest BCUT2D eigenvalue weighted by Crippen LogP contribution is 2.66. The van der Waals surface area contributed by atoms with Crippen molar-refractivity contribution < 1.29 is 19.4 Å². The van der Waals surface area contributed by atoms with Crippen LogP contribution < -0.4 is 0 Å². The predicted octanol–water partition coefficient (Wildman–Crippen LogP) is 3.87. The van der Waals surface area contributed by atoms with E-state index in [2.05, 4.69) is 26.0 Å². The van der Waals surface area contributed by atoms with Crippen LogP contribution in [0.3, 0.4) is 0 Å². The van der Waals surface area contributed by atoms with Crippen LogP contribution in [0, 0.1) is 39.9 Å². The van der Waals surface area contributed by atoms with E-state index in [1.165, 1.54) is 18.1 Å². The van der Waals surface area contributed by atoms with E-state index in [1.807, 2.05) is 6.08 Å². The first kappa shape index (κ1) is 20.3. The molecule has 156 valence electrons. The van der Waals surface area contributed by atoms with Crippen LogP contribution in [0.15, 0.2) is 23.3 Å². The minimum absolute atomic E-state index is 0.0365. The highest BCUT2D eigenvalue weighted by Gasteiger charge is 2.64. The maximum Gasteiger partial charge on any atom is 0.302 e. The lowest BCUT2D eigenvalue weighted by Gasteiger charge is -2.55. The number of hydrogen-bond donors (Lipinski definition) is 1. The summed E-state index contributed by atoms with van der Waals surface area (Å²) in [6.07, 6.45) is 9.75. The Morgan fingerprint density at radius 1 is 1.34 bits per heavy atom. The van der Waals surface area contributed by atoms with Gasteiger partial charge in [-0.1, -0.05) is 31.1 Å². The summed E-state index contributed by atoms with van der Waals surface area (Å²) in [5.41, 5.74) is 1.11. The predicted molar refractivity (Wildman–Crippen MR) is 107 cm³/mol. The number of nitrogens with zero attached hydrogens (tertiary/aromatic N) is 1. The van der Waals surface area contributed by atoms with E-state index in [9.17, 15) is 20.0 Å². The Morgan fingerprint density at radius 2 is 2.10 bits per heavy atom. The summed E-state index contributed by atoms with van der Waals surface area (Å²) < 4.78 is 5.12. The Balaban J connectivity index is 1.68. The van der Waals surface area contributed by atoms with Crippen LogP contribution in [0.1, 0.15) is 65.7 Å². The number of carbonyl (C=O) groups is 2. The molecule has 0 spiro atoms. The van der Waals surface area contributed by atoms with Gasteiger partial charge in [-0.2, -0.15) is 5.26 Å².